The number of carbonyl (C=O) groups is 2. The van der Waals surface area contributed by atoms with Crippen molar-refractivity contribution in [3.8, 4) is 5.75 Å². The number of benzene rings is 2. The lowest BCUT2D eigenvalue weighted by atomic mass is 10.1. The van der Waals surface area contributed by atoms with Crippen LogP contribution in [0.15, 0.2) is 48.5 Å². The van der Waals surface area contributed by atoms with Gasteiger partial charge in [-0.2, -0.15) is 0 Å². The van der Waals surface area contributed by atoms with Crippen LogP contribution in [0.3, 0.4) is 0 Å². The van der Waals surface area contributed by atoms with Gasteiger partial charge in [0.15, 0.2) is 0 Å². The molecule has 140 valence electrons. The molecule has 1 saturated heterocycles. The van der Waals surface area contributed by atoms with E-state index in [1.807, 2.05) is 6.07 Å². The number of para-hydroxylation sites is 1. The van der Waals surface area contributed by atoms with Crippen molar-refractivity contribution in [3.05, 3.63) is 54.1 Å². The number of hydrogen-bond acceptors (Lipinski definition) is 4. The van der Waals surface area contributed by atoms with Crippen molar-refractivity contribution in [2.24, 2.45) is 5.92 Å². The van der Waals surface area contributed by atoms with Crippen LogP contribution in [-0.4, -0.2) is 43.1 Å². The fourth-order valence-corrected chi connectivity index (χ4v) is 3.86. The van der Waals surface area contributed by atoms with E-state index in [0.717, 1.165) is 19.5 Å². The van der Waals surface area contributed by atoms with E-state index in [4.69, 9.17) is 0 Å². The third kappa shape index (κ3) is 3.60. The van der Waals surface area contributed by atoms with Crippen molar-refractivity contribution >= 4 is 23.2 Å². The van der Waals surface area contributed by atoms with Crippen LogP contribution < -0.4 is 15.1 Å². The molecule has 27 heavy (non-hydrogen) atoms. The first-order valence-electron chi connectivity index (χ1n) is 9.32. The third-order valence-electron chi connectivity index (χ3n) is 5.32. The Morgan fingerprint density at radius 1 is 1.15 bits per heavy atom. The Hall–Kier alpha value is -3.02. The normalized spacial score (nSPS) is 18.7. The SMILES string of the molecule is O=C(NCCN1CCc2ccccc21)[C@@H]1CC(=O)N(c2ccc(O)cc2)C1. The predicted molar refractivity (Wildman–Crippen MR) is 104 cm³/mol. The lowest BCUT2D eigenvalue weighted by Crippen LogP contribution is -2.38. The molecular weight excluding hydrogens is 342 g/mol. The third-order valence-corrected chi connectivity index (χ3v) is 5.32. The monoisotopic (exact) mass is 365 g/mol. The Bertz CT molecular complexity index is 850. The molecule has 1 fully saturated rings. The van der Waals surface area contributed by atoms with Crippen molar-refractivity contribution in [1.29, 1.82) is 0 Å². The number of anilines is 2. The van der Waals surface area contributed by atoms with Gasteiger partial charge in [-0.15, -0.1) is 0 Å². The Kier molecular flexibility index (Phi) is 4.71. The van der Waals surface area contributed by atoms with Crippen LogP contribution in [0.25, 0.3) is 0 Å². The number of fused-ring (bicyclic) bond motifs is 1. The van der Waals surface area contributed by atoms with Crippen molar-refractivity contribution in [3.63, 3.8) is 0 Å². The van der Waals surface area contributed by atoms with Gasteiger partial charge in [-0.1, -0.05) is 18.2 Å². The minimum absolute atomic E-state index is 0.0608. The van der Waals surface area contributed by atoms with Gasteiger partial charge >= 0.3 is 0 Å². The topological polar surface area (TPSA) is 72.9 Å². The second-order valence-corrected chi connectivity index (χ2v) is 7.08. The lowest BCUT2D eigenvalue weighted by Gasteiger charge is -2.20. The van der Waals surface area contributed by atoms with Crippen molar-refractivity contribution in [2.75, 3.05) is 36.0 Å². The van der Waals surface area contributed by atoms with Crippen molar-refractivity contribution < 1.29 is 14.7 Å². The molecule has 0 radical (unpaired) electrons. The summed E-state index contributed by atoms with van der Waals surface area (Å²) in [4.78, 5) is 28.7. The summed E-state index contributed by atoms with van der Waals surface area (Å²) in [6.45, 7) is 2.69. The molecule has 0 aromatic heterocycles. The fraction of sp³-hybridized carbons (Fsp3) is 0.333. The average Bonchev–Trinajstić information content (AvgIpc) is 3.26. The number of phenols is 1. The molecule has 2 N–H and O–H groups in total. The Morgan fingerprint density at radius 2 is 1.93 bits per heavy atom. The number of aromatic hydroxyl groups is 1. The second-order valence-electron chi connectivity index (χ2n) is 7.08. The van der Waals surface area contributed by atoms with Gasteiger partial charge in [0.25, 0.3) is 0 Å². The van der Waals surface area contributed by atoms with Crippen LogP contribution in [0.2, 0.25) is 0 Å². The highest BCUT2D eigenvalue weighted by atomic mass is 16.3. The van der Waals surface area contributed by atoms with Crippen molar-refractivity contribution in [2.45, 2.75) is 12.8 Å². The quantitative estimate of drug-likeness (QED) is 0.849. The zero-order valence-corrected chi connectivity index (χ0v) is 15.1. The minimum Gasteiger partial charge on any atom is -0.508 e. The smallest absolute Gasteiger partial charge is 0.227 e. The molecule has 0 spiro atoms. The van der Waals surface area contributed by atoms with E-state index in [2.05, 4.69) is 28.4 Å². The Labute approximate surface area is 158 Å². The van der Waals surface area contributed by atoms with Gasteiger partial charge in [0.2, 0.25) is 11.8 Å². The lowest BCUT2D eigenvalue weighted by molar-refractivity contribution is -0.126. The van der Waals surface area contributed by atoms with Gasteiger partial charge in [-0.3, -0.25) is 9.59 Å². The molecule has 2 aromatic rings. The largest absolute Gasteiger partial charge is 0.508 e. The maximum Gasteiger partial charge on any atom is 0.227 e. The van der Waals surface area contributed by atoms with Gasteiger partial charge in [0, 0.05) is 44.0 Å². The molecule has 2 aromatic carbocycles. The molecule has 4 rings (SSSR count). The van der Waals surface area contributed by atoms with Crippen LogP contribution in [0, 0.1) is 5.92 Å². The van der Waals surface area contributed by atoms with Gasteiger partial charge < -0.3 is 20.2 Å². The molecule has 0 saturated carbocycles. The summed E-state index contributed by atoms with van der Waals surface area (Å²) < 4.78 is 0. The maximum atomic E-state index is 12.5. The van der Waals surface area contributed by atoms with Crippen LogP contribution in [0.5, 0.6) is 5.75 Å². The molecule has 6 nitrogen and oxygen atoms in total. The van der Waals surface area contributed by atoms with E-state index < -0.39 is 0 Å². The molecule has 0 bridgehead atoms. The summed E-state index contributed by atoms with van der Waals surface area (Å²) in [6, 6.07) is 14.8. The van der Waals surface area contributed by atoms with Crippen LogP contribution in [0.1, 0.15) is 12.0 Å². The fourth-order valence-electron chi connectivity index (χ4n) is 3.86. The maximum absolute atomic E-state index is 12.5. The molecular formula is C21H23N3O3. The molecule has 1 atom stereocenters. The summed E-state index contributed by atoms with van der Waals surface area (Å²) in [6.07, 6.45) is 1.27. The minimum atomic E-state index is -0.336. The van der Waals surface area contributed by atoms with E-state index in [0.29, 0.717) is 18.8 Å². The van der Waals surface area contributed by atoms with Gasteiger partial charge in [0.05, 0.1) is 5.92 Å². The van der Waals surface area contributed by atoms with Crippen LogP contribution in [-0.2, 0) is 16.0 Å². The van der Waals surface area contributed by atoms with E-state index in [-0.39, 0.29) is 29.9 Å². The summed E-state index contributed by atoms with van der Waals surface area (Å²) in [5, 5.41) is 12.4. The molecule has 2 heterocycles. The number of nitrogens with zero attached hydrogens (tertiary/aromatic N) is 2. The summed E-state index contributed by atoms with van der Waals surface area (Å²) in [7, 11) is 0. The van der Waals surface area contributed by atoms with Gasteiger partial charge in [0.1, 0.15) is 5.75 Å². The Balaban J connectivity index is 1.29. The molecule has 2 aliphatic heterocycles. The number of amides is 2. The molecule has 6 heteroatoms. The van der Waals surface area contributed by atoms with Crippen LogP contribution >= 0.6 is 0 Å². The zero-order valence-electron chi connectivity index (χ0n) is 15.1. The molecule has 2 aliphatic rings. The zero-order chi connectivity index (χ0) is 18.8. The number of nitrogens with one attached hydrogen (secondary N) is 1. The standard InChI is InChI=1S/C21H23N3O3/c25-18-7-5-17(6-8-18)24-14-16(13-20(24)26)21(27)22-10-12-23-11-9-15-3-1-2-4-19(15)23/h1-8,16,25H,9-14H2,(H,22,27)/t16-/m1/s1. The summed E-state index contributed by atoms with van der Waals surface area (Å²) >= 11 is 0. The second kappa shape index (κ2) is 7.31. The molecule has 0 aliphatic carbocycles. The van der Waals surface area contributed by atoms with Crippen molar-refractivity contribution in [1.82, 2.24) is 5.32 Å². The number of rotatable bonds is 5. The average molecular weight is 365 g/mol. The molecule has 2 amide bonds. The summed E-state index contributed by atoms with van der Waals surface area (Å²) in [5.74, 6) is -0.313. The van der Waals surface area contributed by atoms with E-state index in [1.54, 1.807) is 29.2 Å². The number of hydrogen-bond donors (Lipinski definition) is 2. The number of carbonyl (C=O) groups excluding carboxylic acids is 2. The van der Waals surface area contributed by atoms with Gasteiger partial charge in [-0.25, -0.2) is 0 Å². The van der Waals surface area contributed by atoms with Gasteiger partial charge in [-0.05, 0) is 42.3 Å². The highest BCUT2D eigenvalue weighted by molar-refractivity contribution is 6.00. The van der Waals surface area contributed by atoms with E-state index in [1.165, 1.54) is 11.3 Å². The van der Waals surface area contributed by atoms with E-state index in [9.17, 15) is 14.7 Å². The number of phenolic OH excluding ortho intramolecular Hbond substituents is 1. The first-order chi connectivity index (χ1) is 13.1. The summed E-state index contributed by atoms with van der Waals surface area (Å²) in [5.41, 5.74) is 3.32. The highest BCUT2D eigenvalue weighted by Crippen LogP contribution is 2.28. The Morgan fingerprint density at radius 3 is 2.74 bits per heavy atom. The van der Waals surface area contributed by atoms with Crippen LogP contribution in [0.4, 0.5) is 11.4 Å². The first kappa shape index (κ1) is 17.4. The predicted octanol–water partition coefficient (Wildman–Crippen LogP) is 1.92. The highest BCUT2D eigenvalue weighted by Gasteiger charge is 2.35. The molecule has 0 unspecified atom stereocenters. The van der Waals surface area contributed by atoms with E-state index >= 15 is 0 Å². The first-order valence-corrected chi connectivity index (χ1v) is 9.32.